The third kappa shape index (κ3) is 5.19. The fourth-order valence-electron chi connectivity index (χ4n) is 1.96. The van der Waals surface area contributed by atoms with Gasteiger partial charge in [-0.05, 0) is 53.3 Å². The smallest absolute Gasteiger partial charge is 0.351 e. The van der Waals surface area contributed by atoms with Crippen LogP contribution in [0.5, 0.6) is 0 Å². The third-order valence-corrected chi connectivity index (χ3v) is 4.05. The molecule has 0 saturated heterocycles. The minimum absolute atomic E-state index is 0.217. The average Bonchev–Trinajstić information content (AvgIpc) is 2.60. The van der Waals surface area contributed by atoms with Gasteiger partial charge in [-0.25, -0.2) is 9.59 Å². The predicted octanol–water partition coefficient (Wildman–Crippen LogP) is 4.09. The molecule has 0 aliphatic rings. The van der Waals surface area contributed by atoms with Crippen molar-refractivity contribution in [3.8, 4) is 0 Å². The second-order valence-corrected chi connectivity index (χ2v) is 5.99. The summed E-state index contributed by atoms with van der Waals surface area (Å²) < 4.78 is 11.1. The predicted molar refractivity (Wildman–Crippen MR) is 100 cm³/mol. The molecule has 2 aromatic carbocycles. The van der Waals surface area contributed by atoms with Crippen molar-refractivity contribution >= 4 is 40.6 Å². The van der Waals surface area contributed by atoms with E-state index in [2.05, 4.69) is 22.6 Å². The van der Waals surface area contributed by atoms with Crippen LogP contribution in [-0.4, -0.2) is 24.6 Å². The fraction of sp³-hybridized carbons (Fsp3) is 0.158. The van der Waals surface area contributed by atoms with Gasteiger partial charge in [-0.2, -0.15) is 0 Å². The summed E-state index contributed by atoms with van der Waals surface area (Å²) in [5, 5.41) is 0. The van der Waals surface area contributed by atoms with Crippen molar-refractivity contribution < 1.29 is 19.1 Å². The molecule has 0 aromatic heterocycles. The van der Waals surface area contributed by atoms with Crippen LogP contribution in [0.2, 0.25) is 0 Å². The molecule has 5 heteroatoms. The molecular formula is C19H17IO4. The van der Waals surface area contributed by atoms with Crippen LogP contribution >= 0.6 is 22.6 Å². The molecule has 0 radical (unpaired) electrons. The van der Waals surface area contributed by atoms with E-state index in [0.29, 0.717) is 5.56 Å². The number of carbonyl (C=O) groups excluding carboxylic acids is 2. The van der Waals surface area contributed by atoms with Crippen molar-refractivity contribution in [2.24, 2.45) is 0 Å². The van der Waals surface area contributed by atoms with Gasteiger partial charge in [0.2, 0.25) is 6.10 Å². The number of hydrogen-bond acceptors (Lipinski definition) is 4. The molecule has 0 fully saturated rings. The van der Waals surface area contributed by atoms with Gasteiger partial charge in [0.25, 0.3) is 0 Å². The molecule has 0 bridgehead atoms. The monoisotopic (exact) mass is 436 g/mol. The zero-order valence-corrected chi connectivity index (χ0v) is 15.3. The maximum atomic E-state index is 12.3. The zero-order chi connectivity index (χ0) is 17.4. The first-order chi connectivity index (χ1) is 11.6. The fourth-order valence-corrected chi connectivity index (χ4v) is 2.57. The maximum absolute atomic E-state index is 12.3. The van der Waals surface area contributed by atoms with Gasteiger partial charge in [0, 0.05) is 3.57 Å². The van der Waals surface area contributed by atoms with E-state index in [-0.39, 0.29) is 6.61 Å². The minimum atomic E-state index is -1.09. The Balaban J connectivity index is 2.17. The third-order valence-electron chi connectivity index (χ3n) is 3.11. The molecule has 0 amide bonds. The van der Waals surface area contributed by atoms with Crippen molar-refractivity contribution in [3.63, 3.8) is 0 Å². The lowest BCUT2D eigenvalue weighted by molar-refractivity contribution is -0.150. The topological polar surface area (TPSA) is 52.6 Å². The molecule has 0 aliphatic carbocycles. The van der Waals surface area contributed by atoms with Crippen LogP contribution in [0.3, 0.4) is 0 Å². The van der Waals surface area contributed by atoms with Gasteiger partial charge in [-0.15, -0.1) is 0 Å². The number of ether oxygens (including phenoxy) is 2. The number of benzene rings is 2. The number of esters is 2. The van der Waals surface area contributed by atoms with Crippen LogP contribution in [0.25, 0.3) is 6.08 Å². The highest BCUT2D eigenvalue weighted by Gasteiger charge is 2.23. The Labute approximate surface area is 154 Å². The number of rotatable bonds is 6. The molecular weight excluding hydrogens is 419 g/mol. The van der Waals surface area contributed by atoms with E-state index in [1.807, 2.05) is 36.4 Å². The standard InChI is InChI=1S/C19H17IO4/c1-2-23-19(22)17(13-12-14-8-4-3-5-9-14)24-18(21)15-10-6-7-11-16(15)20/h3-13,17H,2H2,1H3/b13-12+. The van der Waals surface area contributed by atoms with E-state index in [1.54, 1.807) is 31.2 Å². The maximum Gasteiger partial charge on any atom is 0.351 e. The quantitative estimate of drug-likeness (QED) is 0.506. The van der Waals surface area contributed by atoms with E-state index in [0.717, 1.165) is 9.13 Å². The molecule has 0 N–H and O–H groups in total. The van der Waals surface area contributed by atoms with Crippen LogP contribution in [0, 0.1) is 3.57 Å². The second kappa shape index (κ2) is 9.22. The van der Waals surface area contributed by atoms with Gasteiger partial charge in [-0.1, -0.05) is 48.5 Å². The van der Waals surface area contributed by atoms with Crippen LogP contribution < -0.4 is 0 Å². The number of hydrogen-bond donors (Lipinski definition) is 0. The van der Waals surface area contributed by atoms with E-state index >= 15 is 0 Å². The molecule has 2 rings (SSSR count). The molecule has 2 aromatic rings. The Kier molecular flexibility index (Phi) is 6.99. The van der Waals surface area contributed by atoms with Crippen molar-refractivity contribution in [3.05, 3.63) is 75.4 Å². The Morgan fingerprint density at radius 2 is 1.75 bits per heavy atom. The summed E-state index contributed by atoms with van der Waals surface area (Å²) in [7, 11) is 0. The average molecular weight is 436 g/mol. The number of halogens is 1. The summed E-state index contributed by atoms with van der Waals surface area (Å²) in [6.07, 6.45) is 2.17. The molecule has 0 spiro atoms. The molecule has 1 unspecified atom stereocenters. The largest absolute Gasteiger partial charge is 0.463 e. The molecule has 24 heavy (non-hydrogen) atoms. The summed E-state index contributed by atoms with van der Waals surface area (Å²) >= 11 is 2.05. The van der Waals surface area contributed by atoms with Gasteiger partial charge < -0.3 is 9.47 Å². The van der Waals surface area contributed by atoms with Gasteiger partial charge in [0.05, 0.1) is 12.2 Å². The van der Waals surface area contributed by atoms with E-state index in [4.69, 9.17) is 9.47 Å². The van der Waals surface area contributed by atoms with Gasteiger partial charge in [-0.3, -0.25) is 0 Å². The molecule has 124 valence electrons. The first-order valence-corrected chi connectivity index (χ1v) is 8.55. The summed E-state index contributed by atoms with van der Waals surface area (Å²) in [6, 6.07) is 16.5. The Bertz CT molecular complexity index is 725. The van der Waals surface area contributed by atoms with Crippen molar-refractivity contribution in [1.29, 1.82) is 0 Å². The zero-order valence-electron chi connectivity index (χ0n) is 13.1. The lowest BCUT2D eigenvalue weighted by Crippen LogP contribution is -2.27. The van der Waals surface area contributed by atoms with Gasteiger partial charge in [0.1, 0.15) is 0 Å². The van der Waals surface area contributed by atoms with Crippen molar-refractivity contribution in [2.75, 3.05) is 6.61 Å². The summed E-state index contributed by atoms with van der Waals surface area (Å²) in [5.74, 6) is -1.15. The highest BCUT2D eigenvalue weighted by Crippen LogP contribution is 2.15. The van der Waals surface area contributed by atoms with Crippen molar-refractivity contribution in [1.82, 2.24) is 0 Å². The van der Waals surface area contributed by atoms with E-state index < -0.39 is 18.0 Å². The highest BCUT2D eigenvalue weighted by atomic mass is 127. The normalized spacial score (nSPS) is 11.9. The van der Waals surface area contributed by atoms with Gasteiger partial charge in [0.15, 0.2) is 0 Å². The van der Waals surface area contributed by atoms with Crippen LogP contribution in [0.4, 0.5) is 0 Å². The SMILES string of the molecule is CCOC(=O)C(/C=C/c1ccccc1)OC(=O)c1ccccc1I. The summed E-state index contributed by atoms with van der Waals surface area (Å²) in [4.78, 5) is 24.4. The van der Waals surface area contributed by atoms with Crippen LogP contribution in [0.1, 0.15) is 22.8 Å². The number of carbonyl (C=O) groups is 2. The molecule has 4 nitrogen and oxygen atoms in total. The Hall–Kier alpha value is -2.15. The Morgan fingerprint density at radius 3 is 2.42 bits per heavy atom. The Morgan fingerprint density at radius 1 is 1.08 bits per heavy atom. The van der Waals surface area contributed by atoms with E-state index in [9.17, 15) is 9.59 Å². The lowest BCUT2D eigenvalue weighted by atomic mass is 10.2. The second-order valence-electron chi connectivity index (χ2n) is 4.83. The van der Waals surface area contributed by atoms with Crippen LogP contribution in [0.15, 0.2) is 60.7 Å². The van der Waals surface area contributed by atoms with Gasteiger partial charge >= 0.3 is 11.9 Å². The lowest BCUT2D eigenvalue weighted by Gasteiger charge is -2.14. The first kappa shape index (κ1) is 18.2. The highest BCUT2D eigenvalue weighted by molar-refractivity contribution is 14.1. The van der Waals surface area contributed by atoms with Crippen molar-refractivity contribution in [2.45, 2.75) is 13.0 Å². The molecule has 0 heterocycles. The summed E-state index contributed by atoms with van der Waals surface area (Å²) in [5.41, 5.74) is 1.32. The molecule has 0 saturated carbocycles. The van der Waals surface area contributed by atoms with Crippen LogP contribution in [-0.2, 0) is 14.3 Å². The minimum Gasteiger partial charge on any atom is -0.463 e. The molecule has 1 atom stereocenters. The first-order valence-electron chi connectivity index (χ1n) is 7.47. The van der Waals surface area contributed by atoms with E-state index in [1.165, 1.54) is 6.08 Å². The summed E-state index contributed by atoms with van der Waals surface area (Å²) in [6.45, 7) is 1.92. The molecule has 0 aliphatic heterocycles.